The molecule has 0 bridgehead atoms. The van der Waals surface area contributed by atoms with Gasteiger partial charge in [0, 0.05) is 18.8 Å². The SMILES string of the molecule is CN(Cc1ccc([S-](=O)=NC(=O)Nc2c3c(cc4c2CCC4)CCC3)cc1)CC1CC1. The van der Waals surface area contributed by atoms with Crippen molar-refractivity contribution in [3.63, 3.8) is 0 Å². The van der Waals surface area contributed by atoms with Crippen LogP contribution < -0.4 is 5.32 Å². The molecule has 2 aromatic rings. The van der Waals surface area contributed by atoms with Gasteiger partial charge in [0.05, 0.1) is 0 Å². The highest BCUT2D eigenvalue weighted by molar-refractivity contribution is 7.75. The fourth-order valence-corrected chi connectivity index (χ4v) is 5.72. The largest absolute Gasteiger partial charge is 0.439 e. The lowest BCUT2D eigenvalue weighted by atomic mass is 9.99. The van der Waals surface area contributed by atoms with Gasteiger partial charge in [-0.1, -0.05) is 35.2 Å². The zero-order chi connectivity index (χ0) is 21.4. The summed E-state index contributed by atoms with van der Waals surface area (Å²) in [5.41, 5.74) is 7.37. The number of rotatable bonds is 6. The molecular formula is C25H30N3O2S-. The van der Waals surface area contributed by atoms with Crippen LogP contribution in [0.3, 0.4) is 0 Å². The van der Waals surface area contributed by atoms with Gasteiger partial charge in [-0.3, -0.25) is 0 Å². The van der Waals surface area contributed by atoms with Crippen molar-refractivity contribution in [2.24, 2.45) is 10.3 Å². The summed E-state index contributed by atoms with van der Waals surface area (Å²) in [6.45, 7) is 2.02. The van der Waals surface area contributed by atoms with Gasteiger partial charge in [0.1, 0.15) is 0 Å². The lowest BCUT2D eigenvalue weighted by Crippen LogP contribution is -2.20. The third kappa shape index (κ3) is 4.70. The van der Waals surface area contributed by atoms with Crippen LogP contribution in [0.2, 0.25) is 0 Å². The molecular weight excluding hydrogens is 406 g/mol. The second kappa shape index (κ2) is 8.75. The number of nitrogens with zero attached hydrogens (tertiary/aromatic N) is 2. The van der Waals surface area contributed by atoms with Gasteiger partial charge in [-0.15, -0.1) is 0 Å². The number of carbonyl (C=O) groups excluding carboxylic acids is 1. The van der Waals surface area contributed by atoms with E-state index in [1.54, 1.807) is 0 Å². The lowest BCUT2D eigenvalue weighted by molar-refractivity contribution is 0.260. The monoisotopic (exact) mass is 436 g/mol. The number of hydrogen-bond donors (Lipinski definition) is 1. The number of urea groups is 1. The Morgan fingerprint density at radius 1 is 1.06 bits per heavy atom. The molecule has 1 N–H and O–H groups in total. The van der Waals surface area contributed by atoms with Crippen LogP contribution in [-0.2, 0) is 47.0 Å². The maximum absolute atomic E-state index is 12.7. The van der Waals surface area contributed by atoms with Crippen LogP contribution in [0.25, 0.3) is 0 Å². The van der Waals surface area contributed by atoms with Crippen LogP contribution in [0.4, 0.5) is 10.5 Å². The molecule has 0 aromatic heterocycles. The van der Waals surface area contributed by atoms with Crippen molar-refractivity contribution in [1.29, 1.82) is 0 Å². The molecule has 1 saturated carbocycles. The van der Waals surface area contributed by atoms with Gasteiger partial charge in [-0.2, -0.15) is 10.6 Å². The Morgan fingerprint density at radius 3 is 2.32 bits per heavy atom. The van der Waals surface area contributed by atoms with Gasteiger partial charge >= 0.3 is 6.03 Å². The molecule has 6 heteroatoms. The number of benzene rings is 2. The molecule has 2 aromatic carbocycles. The van der Waals surface area contributed by atoms with Gasteiger partial charge in [0.25, 0.3) is 0 Å². The van der Waals surface area contributed by atoms with Crippen molar-refractivity contribution in [3.05, 3.63) is 58.1 Å². The Balaban J connectivity index is 1.28. The summed E-state index contributed by atoms with van der Waals surface area (Å²) in [5, 5.41) is 3.00. The molecule has 5 rings (SSSR count). The first-order chi connectivity index (χ1) is 15.1. The third-order valence-corrected chi connectivity index (χ3v) is 7.72. The van der Waals surface area contributed by atoms with Crippen LogP contribution in [0.1, 0.15) is 53.5 Å². The number of fused-ring (bicyclic) bond motifs is 2. The molecule has 31 heavy (non-hydrogen) atoms. The minimum atomic E-state index is -1.70. The molecule has 0 saturated heterocycles. The fraction of sp³-hybridized carbons (Fsp3) is 0.480. The summed E-state index contributed by atoms with van der Waals surface area (Å²) in [5.74, 6) is 0.862. The number of carbonyl (C=O) groups is 1. The van der Waals surface area contributed by atoms with Crippen molar-refractivity contribution in [1.82, 2.24) is 4.90 Å². The summed E-state index contributed by atoms with van der Waals surface area (Å²) < 4.78 is 16.6. The molecule has 3 aliphatic carbocycles. The van der Waals surface area contributed by atoms with Gasteiger partial charge in [-0.25, -0.2) is 4.79 Å². The summed E-state index contributed by atoms with van der Waals surface area (Å²) in [6.07, 6.45) is 9.11. The molecule has 0 heterocycles. The lowest BCUT2D eigenvalue weighted by Gasteiger charge is -2.17. The van der Waals surface area contributed by atoms with Gasteiger partial charge in [0.2, 0.25) is 0 Å². The number of aryl methyl sites for hydroxylation is 2. The third-order valence-electron chi connectivity index (χ3n) is 6.72. The first-order valence-corrected chi connectivity index (χ1v) is 12.6. The molecule has 0 spiro atoms. The van der Waals surface area contributed by atoms with E-state index >= 15 is 0 Å². The van der Waals surface area contributed by atoms with Crippen molar-refractivity contribution in [3.8, 4) is 0 Å². The minimum Gasteiger partial charge on any atom is -0.439 e. The Bertz CT molecular complexity index is 1050. The van der Waals surface area contributed by atoms with E-state index in [2.05, 4.69) is 27.7 Å². The molecule has 3 aliphatic rings. The molecule has 5 nitrogen and oxygen atoms in total. The fourth-order valence-electron chi connectivity index (χ4n) is 5.05. The Hall–Kier alpha value is -2.18. The summed E-state index contributed by atoms with van der Waals surface area (Å²) in [7, 11) is 0.436. The van der Waals surface area contributed by atoms with Crippen LogP contribution >= 0.6 is 0 Å². The number of anilines is 1. The second-order valence-electron chi connectivity index (χ2n) is 9.29. The van der Waals surface area contributed by atoms with Crippen molar-refractivity contribution in [2.75, 3.05) is 18.9 Å². The van der Waals surface area contributed by atoms with Crippen molar-refractivity contribution in [2.45, 2.75) is 62.8 Å². The molecule has 0 radical (unpaired) electrons. The van der Waals surface area contributed by atoms with Gasteiger partial charge in [-0.05, 0) is 92.1 Å². The maximum Gasteiger partial charge on any atom is 0.322 e. The molecule has 1 fully saturated rings. The highest BCUT2D eigenvalue weighted by atomic mass is 32.2. The molecule has 0 aliphatic heterocycles. The van der Waals surface area contributed by atoms with Crippen LogP contribution in [0, 0.1) is 5.92 Å². The average Bonchev–Trinajstić information content (AvgIpc) is 3.23. The zero-order valence-corrected chi connectivity index (χ0v) is 19.0. The molecule has 2 amide bonds. The van der Waals surface area contributed by atoms with E-state index in [9.17, 15) is 9.00 Å². The highest BCUT2D eigenvalue weighted by Crippen LogP contribution is 2.38. The van der Waals surface area contributed by atoms with Gasteiger partial charge in [0.15, 0.2) is 0 Å². The average molecular weight is 437 g/mol. The molecule has 0 atom stereocenters. The van der Waals surface area contributed by atoms with Crippen LogP contribution in [0.5, 0.6) is 0 Å². The second-order valence-corrected chi connectivity index (χ2v) is 10.4. The predicted molar refractivity (Wildman–Crippen MR) is 124 cm³/mol. The zero-order valence-electron chi connectivity index (χ0n) is 18.2. The predicted octanol–water partition coefficient (Wildman–Crippen LogP) is 5.24. The smallest absolute Gasteiger partial charge is 0.322 e. The highest BCUT2D eigenvalue weighted by Gasteiger charge is 2.25. The topological polar surface area (TPSA) is 61.8 Å². The van der Waals surface area contributed by atoms with Crippen molar-refractivity contribution < 1.29 is 9.00 Å². The van der Waals surface area contributed by atoms with E-state index < -0.39 is 16.6 Å². The molecule has 164 valence electrons. The Morgan fingerprint density at radius 2 is 1.71 bits per heavy atom. The first-order valence-electron chi connectivity index (χ1n) is 11.5. The van der Waals surface area contributed by atoms with Gasteiger partial charge < -0.3 is 18.8 Å². The molecule has 0 unspecified atom stereocenters. The van der Waals surface area contributed by atoms with Crippen LogP contribution in [0.15, 0.2) is 39.6 Å². The van der Waals surface area contributed by atoms with E-state index in [0.29, 0.717) is 4.90 Å². The standard InChI is InChI=1S/C25H30N3O2S/c1-28(15-17-8-9-17)16-18-10-12-21(13-11-18)31(30)27-25(29)26-24-22-6-2-4-19(22)14-20-5-3-7-23(20)24/h10-14,17H,2-9,15-16H2,1H3,(H,26,29)/q-1. The van der Waals surface area contributed by atoms with E-state index in [4.69, 9.17) is 0 Å². The minimum absolute atomic E-state index is 0.513. The number of amides is 2. The van der Waals surface area contributed by atoms with E-state index in [-0.39, 0.29) is 0 Å². The Kier molecular flexibility index (Phi) is 5.85. The van der Waals surface area contributed by atoms with E-state index in [0.717, 1.165) is 63.2 Å². The van der Waals surface area contributed by atoms with E-state index in [1.165, 1.54) is 40.7 Å². The number of nitrogens with one attached hydrogen (secondary N) is 1. The van der Waals surface area contributed by atoms with Crippen LogP contribution in [-0.4, -0.2) is 24.5 Å². The number of hydrogen-bond acceptors (Lipinski definition) is 4. The maximum atomic E-state index is 12.7. The van der Waals surface area contributed by atoms with E-state index in [1.807, 2.05) is 24.3 Å². The summed E-state index contributed by atoms with van der Waals surface area (Å²) >= 11 is 0. The Labute approximate surface area is 186 Å². The quantitative estimate of drug-likeness (QED) is 0.630. The summed E-state index contributed by atoms with van der Waals surface area (Å²) in [4.78, 5) is 15.5. The summed E-state index contributed by atoms with van der Waals surface area (Å²) in [6, 6.07) is 9.44. The first kappa shape index (κ1) is 20.7. The normalized spacial score (nSPS) is 18.3. The van der Waals surface area contributed by atoms with Crippen molar-refractivity contribution >= 4 is 22.3 Å².